The molecule has 3 rings (SSSR count). The van der Waals surface area contributed by atoms with E-state index in [-0.39, 0.29) is 11.6 Å². The smallest absolute Gasteiger partial charge is 0.410 e. The van der Waals surface area contributed by atoms with E-state index in [1.165, 1.54) is 4.90 Å². The number of imidazole rings is 1. The molecule has 0 saturated carbocycles. The summed E-state index contributed by atoms with van der Waals surface area (Å²) in [5, 5.41) is 0. The number of carbonyl (C=O) groups is 2. The van der Waals surface area contributed by atoms with Crippen molar-refractivity contribution in [3.8, 4) is 0 Å². The number of amides is 1. The van der Waals surface area contributed by atoms with Crippen molar-refractivity contribution in [2.75, 3.05) is 12.3 Å². The van der Waals surface area contributed by atoms with Gasteiger partial charge in [-0.05, 0) is 45.7 Å². The third kappa shape index (κ3) is 2.93. The second-order valence-electron chi connectivity index (χ2n) is 6.97. The van der Waals surface area contributed by atoms with Crippen LogP contribution in [0.1, 0.15) is 44.1 Å². The van der Waals surface area contributed by atoms with Crippen LogP contribution < -0.4 is 5.73 Å². The number of nitrogens with zero attached hydrogens (tertiary/aromatic N) is 3. The Kier molecular flexibility index (Phi) is 3.95. The monoisotopic (exact) mass is 330 g/mol. The first-order chi connectivity index (χ1) is 11.3. The molecule has 1 aliphatic rings. The van der Waals surface area contributed by atoms with Gasteiger partial charge in [-0.3, -0.25) is 14.1 Å². The first-order valence-electron chi connectivity index (χ1n) is 8.04. The van der Waals surface area contributed by atoms with Crippen LogP contribution in [0.2, 0.25) is 0 Å². The fraction of sp³-hybridized carbons (Fsp3) is 0.471. The van der Waals surface area contributed by atoms with Crippen LogP contribution in [0.3, 0.4) is 0 Å². The number of likely N-dealkylation sites (tertiary alicyclic amines) is 1. The summed E-state index contributed by atoms with van der Waals surface area (Å²) in [5.74, 6) is -0.0169. The molecule has 0 bridgehead atoms. The zero-order valence-electron chi connectivity index (χ0n) is 14.2. The molecular weight excluding hydrogens is 308 g/mol. The molecule has 1 saturated heterocycles. The lowest BCUT2D eigenvalue weighted by atomic mass is 10.1. The SMILES string of the molecule is CC(C)(C)OC(=O)N1CCC[C@@H]1C(=O)c1c(N)nc2ccccn12. The first kappa shape index (κ1) is 16.3. The first-order valence-corrected chi connectivity index (χ1v) is 8.04. The molecule has 0 unspecified atom stereocenters. The summed E-state index contributed by atoms with van der Waals surface area (Å²) in [4.78, 5) is 31.1. The number of fused-ring (bicyclic) bond motifs is 1. The van der Waals surface area contributed by atoms with Crippen LogP contribution >= 0.6 is 0 Å². The molecule has 24 heavy (non-hydrogen) atoms. The Bertz CT molecular complexity index is 791. The number of ketones is 1. The largest absolute Gasteiger partial charge is 0.444 e. The molecule has 7 heteroatoms. The van der Waals surface area contributed by atoms with Gasteiger partial charge in [0.05, 0.1) is 0 Å². The van der Waals surface area contributed by atoms with Crippen LogP contribution in [-0.2, 0) is 4.74 Å². The number of anilines is 1. The van der Waals surface area contributed by atoms with Crippen molar-refractivity contribution >= 4 is 23.3 Å². The van der Waals surface area contributed by atoms with Gasteiger partial charge < -0.3 is 10.5 Å². The number of carbonyl (C=O) groups excluding carboxylic acids is 2. The van der Waals surface area contributed by atoms with Crippen LogP contribution in [0.25, 0.3) is 5.65 Å². The number of hydrogen-bond acceptors (Lipinski definition) is 5. The molecule has 1 aliphatic heterocycles. The minimum absolute atomic E-state index is 0.183. The van der Waals surface area contributed by atoms with Crippen molar-refractivity contribution in [2.45, 2.75) is 45.3 Å². The molecule has 2 aromatic rings. The van der Waals surface area contributed by atoms with Gasteiger partial charge >= 0.3 is 6.09 Å². The van der Waals surface area contributed by atoms with Crippen molar-refractivity contribution < 1.29 is 14.3 Å². The Hall–Kier alpha value is -2.57. The van der Waals surface area contributed by atoms with Crippen molar-refractivity contribution in [2.24, 2.45) is 0 Å². The van der Waals surface area contributed by atoms with Crippen LogP contribution in [0.4, 0.5) is 10.6 Å². The Labute approximate surface area is 140 Å². The minimum atomic E-state index is -0.602. The highest BCUT2D eigenvalue weighted by molar-refractivity contribution is 6.04. The molecule has 1 fully saturated rings. The van der Waals surface area contributed by atoms with Gasteiger partial charge in [-0.2, -0.15) is 0 Å². The van der Waals surface area contributed by atoms with E-state index in [1.807, 2.05) is 12.1 Å². The predicted octanol–water partition coefficient (Wildman–Crippen LogP) is 2.50. The normalized spacial score (nSPS) is 18.1. The van der Waals surface area contributed by atoms with E-state index < -0.39 is 17.7 Å². The quantitative estimate of drug-likeness (QED) is 0.855. The average Bonchev–Trinajstić information content (AvgIpc) is 3.08. The highest BCUT2D eigenvalue weighted by atomic mass is 16.6. The molecule has 2 aromatic heterocycles. The van der Waals surface area contributed by atoms with Gasteiger partial charge in [0.1, 0.15) is 23.0 Å². The summed E-state index contributed by atoms with van der Waals surface area (Å²) >= 11 is 0. The predicted molar refractivity (Wildman–Crippen MR) is 89.9 cm³/mol. The number of Topliss-reactive ketones (excluding diaryl/α,β-unsaturated/α-hetero) is 1. The third-order valence-electron chi connectivity index (χ3n) is 3.97. The van der Waals surface area contributed by atoms with E-state index in [4.69, 9.17) is 10.5 Å². The van der Waals surface area contributed by atoms with Gasteiger partial charge in [0, 0.05) is 12.7 Å². The zero-order chi connectivity index (χ0) is 17.5. The number of aromatic nitrogens is 2. The second kappa shape index (κ2) is 5.81. The van der Waals surface area contributed by atoms with Crippen molar-refractivity contribution in [1.82, 2.24) is 14.3 Å². The molecule has 3 heterocycles. The summed E-state index contributed by atoms with van der Waals surface area (Å²) < 4.78 is 7.09. The lowest BCUT2D eigenvalue weighted by Crippen LogP contribution is -2.43. The molecule has 1 amide bonds. The number of ether oxygens (including phenoxy) is 1. The molecule has 0 radical (unpaired) electrons. The zero-order valence-corrected chi connectivity index (χ0v) is 14.2. The van der Waals surface area contributed by atoms with Gasteiger partial charge in [0.25, 0.3) is 0 Å². The molecule has 2 N–H and O–H groups in total. The molecule has 7 nitrogen and oxygen atoms in total. The van der Waals surface area contributed by atoms with E-state index in [2.05, 4.69) is 4.98 Å². The van der Waals surface area contributed by atoms with Crippen molar-refractivity contribution in [1.29, 1.82) is 0 Å². The second-order valence-corrected chi connectivity index (χ2v) is 6.97. The van der Waals surface area contributed by atoms with Gasteiger partial charge in [0.15, 0.2) is 5.82 Å². The number of pyridine rings is 1. The van der Waals surface area contributed by atoms with E-state index in [0.29, 0.717) is 24.3 Å². The summed E-state index contributed by atoms with van der Waals surface area (Å²) in [7, 11) is 0. The minimum Gasteiger partial charge on any atom is -0.444 e. The van der Waals surface area contributed by atoms with Crippen molar-refractivity contribution in [3.05, 3.63) is 30.1 Å². The van der Waals surface area contributed by atoms with Crippen LogP contribution in [0.15, 0.2) is 24.4 Å². The van der Waals surface area contributed by atoms with Gasteiger partial charge in [-0.25, -0.2) is 9.78 Å². The molecule has 1 atom stereocenters. The van der Waals surface area contributed by atoms with Crippen LogP contribution in [0.5, 0.6) is 0 Å². The van der Waals surface area contributed by atoms with E-state index in [9.17, 15) is 9.59 Å². The molecule has 0 aliphatic carbocycles. The van der Waals surface area contributed by atoms with E-state index in [1.54, 1.807) is 37.4 Å². The number of nitrogens with two attached hydrogens (primary N) is 1. The highest BCUT2D eigenvalue weighted by Gasteiger charge is 2.38. The van der Waals surface area contributed by atoms with Gasteiger partial charge in [-0.1, -0.05) is 6.07 Å². The lowest BCUT2D eigenvalue weighted by molar-refractivity contribution is 0.0222. The topological polar surface area (TPSA) is 89.9 Å². The number of nitrogen functional groups attached to an aromatic ring is 1. The van der Waals surface area contributed by atoms with E-state index in [0.717, 1.165) is 6.42 Å². The maximum Gasteiger partial charge on any atom is 0.410 e. The standard InChI is InChI=1S/C17H22N4O3/c1-17(2,3)24-16(23)20-10-6-7-11(20)14(22)13-15(18)19-12-8-4-5-9-21(12)13/h4-5,8-9,11H,6-7,10,18H2,1-3H3/t11-/m1/s1. The Morgan fingerprint density at radius 3 is 2.79 bits per heavy atom. The third-order valence-corrected chi connectivity index (χ3v) is 3.97. The summed E-state index contributed by atoms with van der Waals surface area (Å²) in [6, 6.07) is 4.86. The Morgan fingerprint density at radius 2 is 2.08 bits per heavy atom. The number of rotatable bonds is 2. The van der Waals surface area contributed by atoms with Crippen molar-refractivity contribution in [3.63, 3.8) is 0 Å². The molecule has 0 aromatic carbocycles. The fourth-order valence-corrected chi connectivity index (χ4v) is 3.00. The summed E-state index contributed by atoms with van der Waals surface area (Å²) in [5.41, 5.74) is 6.29. The highest BCUT2D eigenvalue weighted by Crippen LogP contribution is 2.26. The Morgan fingerprint density at radius 1 is 1.33 bits per heavy atom. The average molecular weight is 330 g/mol. The molecular formula is C17H22N4O3. The maximum atomic E-state index is 13.0. The Balaban J connectivity index is 1.91. The molecule has 128 valence electrons. The maximum absolute atomic E-state index is 13.0. The molecule has 0 spiro atoms. The lowest BCUT2D eigenvalue weighted by Gasteiger charge is -2.27. The van der Waals surface area contributed by atoms with E-state index >= 15 is 0 Å². The van der Waals surface area contributed by atoms with Crippen LogP contribution in [-0.4, -0.2) is 44.3 Å². The number of hydrogen-bond donors (Lipinski definition) is 1. The fourth-order valence-electron chi connectivity index (χ4n) is 3.00. The summed E-state index contributed by atoms with van der Waals surface area (Å²) in [6.45, 7) is 5.92. The van der Waals surface area contributed by atoms with Gasteiger partial charge in [-0.15, -0.1) is 0 Å². The van der Waals surface area contributed by atoms with Crippen LogP contribution in [0, 0.1) is 0 Å². The summed E-state index contributed by atoms with van der Waals surface area (Å²) in [6.07, 6.45) is 2.63. The van der Waals surface area contributed by atoms with Gasteiger partial charge in [0.2, 0.25) is 5.78 Å².